The SMILES string of the molecule is Cc1ccc(C2(N)CC2(C)C)cc1NC(=O)OC(C)(C)C. The van der Waals surface area contributed by atoms with Crippen LogP contribution in [0.5, 0.6) is 0 Å². The minimum atomic E-state index is -0.511. The molecule has 0 radical (unpaired) electrons. The van der Waals surface area contributed by atoms with Crippen molar-refractivity contribution in [3.8, 4) is 0 Å². The lowest BCUT2D eigenvalue weighted by atomic mass is 9.95. The fraction of sp³-hybridized carbons (Fsp3) is 0.588. The van der Waals surface area contributed by atoms with E-state index in [1.54, 1.807) is 0 Å². The first kappa shape index (κ1) is 15.8. The van der Waals surface area contributed by atoms with Gasteiger partial charge in [-0.1, -0.05) is 26.0 Å². The van der Waals surface area contributed by atoms with Gasteiger partial charge in [0, 0.05) is 11.2 Å². The third kappa shape index (κ3) is 3.21. The molecule has 116 valence electrons. The van der Waals surface area contributed by atoms with Gasteiger partial charge in [-0.3, -0.25) is 5.32 Å². The molecule has 1 saturated carbocycles. The standard InChI is InChI=1S/C17H26N2O2/c1-11-7-8-12(17(18)10-16(17,5)6)9-13(11)19-14(20)21-15(2,3)4/h7-9H,10,18H2,1-6H3,(H,19,20). The van der Waals surface area contributed by atoms with Crippen LogP contribution >= 0.6 is 0 Å². The van der Waals surface area contributed by atoms with Crippen LogP contribution in [0.15, 0.2) is 18.2 Å². The van der Waals surface area contributed by atoms with Crippen LogP contribution in [0, 0.1) is 12.3 Å². The van der Waals surface area contributed by atoms with E-state index in [2.05, 4.69) is 19.2 Å². The molecule has 0 bridgehead atoms. The average Bonchev–Trinajstić information content (AvgIpc) is 2.79. The summed E-state index contributed by atoms with van der Waals surface area (Å²) in [7, 11) is 0. The van der Waals surface area contributed by atoms with Crippen LogP contribution in [0.3, 0.4) is 0 Å². The number of carbonyl (C=O) groups is 1. The number of benzene rings is 1. The molecule has 1 atom stereocenters. The van der Waals surface area contributed by atoms with E-state index < -0.39 is 11.7 Å². The van der Waals surface area contributed by atoms with Crippen LogP contribution in [-0.2, 0) is 10.3 Å². The Balaban J connectivity index is 2.20. The second kappa shape index (κ2) is 4.73. The Bertz CT molecular complexity index is 573. The van der Waals surface area contributed by atoms with Crippen LogP contribution < -0.4 is 11.1 Å². The molecule has 0 spiro atoms. The van der Waals surface area contributed by atoms with E-state index in [0.717, 1.165) is 23.2 Å². The molecule has 4 nitrogen and oxygen atoms in total. The Labute approximate surface area is 127 Å². The molecule has 1 amide bonds. The average molecular weight is 290 g/mol. The van der Waals surface area contributed by atoms with Gasteiger partial charge in [-0.05, 0) is 56.7 Å². The molecule has 0 aliphatic heterocycles. The second-order valence-electron chi connectivity index (χ2n) is 7.69. The van der Waals surface area contributed by atoms with Gasteiger partial charge in [-0.25, -0.2) is 4.79 Å². The Morgan fingerprint density at radius 2 is 1.90 bits per heavy atom. The number of ether oxygens (including phenoxy) is 1. The summed E-state index contributed by atoms with van der Waals surface area (Å²) in [5.41, 5.74) is 8.55. The molecule has 1 aromatic carbocycles. The topological polar surface area (TPSA) is 64.3 Å². The van der Waals surface area contributed by atoms with Crippen molar-refractivity contribution < 1.29 is 9.53 Å². The first-order valence-corrected chi connectivity index (χ1v) is 7.35. The highest BCUT2D eigenvalue weighted by Gasteiger charge is 2.59. The number of hydrogen-bond donors (Lipinski definition) is 2. The third-order valence-corrected chi connectivity index (χ3v) is 4.19. The monoisotopic (exact) mass is 290 g/mol. The number of hydrogen-bond acceptors (Lipinski definition) is 3. The fourth-order valence-electron chi connectivity index (χ4n) is 2.59. The number of nitrogens with two attached hydrogens (primary N) is 1. The van der Waals surface area contributed by atoms with Crippen molar-refractivity contribution >= 4 is 11.8 Å². The van der Waals surface area contributed by atoms with Gasteiger partial charge in [-0.2, -0.15) is 0 Å². The van der Waals surface area contributed by atoms with Crippen molar-refractivity contribution in [3.63, 3.8) is 0 Å². The molecule has 0 aromatic heterocycles. The summed E-state index contributed by atoms with van der Waals surface area (Å²) in [4.78, 5) is 11.9. The van der Waals surface area contributed by atoms with Crippen LogP contribution in [0.4, 0.5) is 10.5 Å². The highest BCUT2D eigenvalue weighted by Crippen LogP contribution is 2.60. The molecular formula is C17H26N2O2. The maximum Gasteiger partial charge on any atom is 0.412 e. The number of carbonyl (C=O) groups excluding carboxylic acids is 1. The van der Waals surface area contributed by atoms with E-state index in [9.17, 15) is 4.79 Å². The highest BCUT2D eigenvalue weighted by molar-refractivity contribution is 5.86. The summed E-state index contributed by atoms with van der Waals surface area (Å²) in [6, 6.07) is 6.00. The van der Waals surface area contributed by atoms with Crippen molar-refractivity contribution in [2.24, 2.45) is 11.1 Å². The van der Waals surface area contributed by atoms with Gasteiger partial charge in [0.15, 0.2) is 0 Å². The Kier molecular flexibility index (Phi) is 3.57. The van der Waals surface area contributed by atoms with Crippen molar-refractivity contribution in [1.29, 1.82) is 0 Å². The molecule has 1 unspecified atom stereocenters. The minimum Gasteiger partial charge on any atom is -0.444 e. The summed E-state index contributed by atoms with van der Waals surface area (Å²) >= 11 is 0. The molecule has 0 saturated heterocycles. The van der Waals surface area contributed by atoms with Crippen LogP contribution in [-0.4, -0.2) is 11.7 Å². The molecule has 21 heavy (non-hydrogen) atoms. The van der Waals surface area contributed by atoms with Gasteiger partial charge in [0.05, 0.1) is 0 Å². The Morgan fingerprint density at radius 1 is 1.33 bits per heavy atom. The second-order valence-corrected chi connectivity index (χ2v) is 7.69. The van der Waals surface area contributed by atoms with Crippen molar-refractivity contribution in [1.82, 2.24) is 0 Å². The van der Waals surface area contributed by atoms with Crippen molar-refractivity contribution in [2.45, 2.75) is 59.1 Å². The smallest absolute Gasteiger partial charge is 0.412 e. The van der Waals surface area contributed by atoms with Crippen molar-refractivity contribution in [3.05, 3.63) is 29.3 Å². The summed E-state index contributed by atoms with van der Waals surface area (Å²) in [6.07, 6.45) is 0.512. The van der Waals surface area contributed by atoms with Gasteiger partial charge >= 0.3 is 6.09 Å². The molecule has 1 aliphatic carbocycles. The molecule has 1 aromatic rings. The van der Waals surface area contributed by atoms with Crippen molar-refractivity contribution in [2.75, 3.05) is 5.32 Å². The number of nitrogens with one attached hydrogen (secondary N) is 1. The van der Waals surface area contributed by atoms with Gasteiger partial charge in [-0.15, -0.1) is 0 Å². The van der Waals surface area contributed by atoms with E-state index >= 15 is 0 Å². The van der Waals surface area contributed by atoms with Gasteiger partial charge < -0.3 is 10.5 Å². The number of rotatable bonds is 2. The summed E-state index contributed by atoms with van der Waals surface area (Å²) in [5.74, 6) is 0. The maximum absolute atomic E-state index is 11.9. The lowest BCUT2D eigenvalue weighted by Crippen LogP contribution is -2.28. The highest BCUT2D eigenvalue weighted by atomic mass is 16.6. The molecule has 4 heteroatoms. The van der Waals surface area contributed by atoms with E-state index in [1.807, 2.05) is 45.9 Å². The lowest BCUT2D eigenvalue weighted by molar-refractivity contribution is 0.0636. The van der Waals surface area contributed by atoms with Crippen LogP contribution in [0.2, 0.25) is 0 Å². The summed E-state index contributed by atoms with van der Waals surface area (Å²) in [5, 5.41) is 2.82. The maximum atomic E-state index is 11.9. The molecule has 1 fully saturated rings. The summed E-state index contributed by atoms with van der Waals surface area (Å²) in [6.45, 7) is 11.8. The molecular weight excluding hydrogens is 264 g/mol. The fourth-order valence-corrected chi connectivity index (χ4v) is 2.59. The predicted molar refractivity (Wildman–Crippen MR) is 85.3 cm³/mol. The van der Waals surface area contributed by atoms with E-state index in [1.165, 1.54) is 0 Å². The molecule has 2 rings (SSSR count). The first-order chi connectivity index (χ1) is 9.45. The van der Waals surface area contributed by atoms with Gasteiger partial charge in [0.1, 0.15) is 5.60 Å². The first-order valence-electron chi connectivity index (χ1n) is 7.35. The zero-order chi connectivity index (χ0) is 16.1. The number of aryl methyl sites for hydroxylation is 1. The van der Waals surface area contributed by atoms with Gasteiger partial charge in [0.25, 0.3) is 0 Å². The molecule has 0 heterocycles. The van der Waals surface area contributed by atoms with Crippen LogP contribution in [0.25, 0.3) is 0 Å². The third-order valence-electron chi connectivity index (χ3n) is 4.19. The van der Waals surface area contributed by atoms with E-state index in [0.29, 0.717) is 0 Å². The van der Waals surface area contributed by atoms with E-state index in [-0.39, 0.29) is 11.0 Å². The normalized spacial score (nSPS) is 23.6. The molecule has 1 aliphatic rings. The lowest BCUT2D eigenvalue weighted by Gasteiger charge is -2.21. The summed E-state index contributed by atoms with van der Waals surface area (Å²) < 4.78 is 5.30. The quantitative estimate of drug-likeness (QED) is 0.867. The Hall–Kier alpha value is -1.55. The largest absolute Gasteiger partial charge is 0.444 e. The minimum absolute atomic E-state index is 0.103. The number of amides is 1. The van der Waals surface area contributed by atoms with Gasteiger partial charge in [0.2, 0.25) is 0 Å². The predicted octanol–water partition coefficient (Wildman–Crippen LogP) is 3.93. The van der Waals surface area contributed by atoms with Crippen LogP contribution in [0.1, 0.15) is 52.2 Å². The number of anilines is 1. The Morgan fingerprint density at radius 3 is 2.38 bits per heavy atom. The zero-order valence-corrected chi connectivity index (χ0v) is 13.8. The van der Waals surface area contributed by atoms with E-state index in [4.69, 9.17) is 10.5 Å². The zero-order valence-electron chi connectivity index (χ0n) is 13.8. The molecule has 3 N–H and O–H groups in total.